The SMILES string of the molecule is CCCCCCCCCCCCCCCCC(CC(=O)NC(CO)C(O)CCCCCCCCCCCCCCC)OC(=O)CCCCCCCCCCCCCCC. The molecule has 6 nitrogen and oxygen atoms in total. The Kier molecular flexibility index (Phi) is 47.0. The maximum atomic E-state index is 13.2. The van der Waals surface area contributed by atoms with Gasteiger partial charge in [0.05, 0.1) is 25.2 Å². The van der Waals surface area contributed by atoms with E-state index >= 15 is 0 Å². The summed E-state index contributed by atoms with van der Waals surface area (Å²) >= 11 is 0. The molecule has 0 radical (unpaired) electrons. The summed E-state index contributed by atoms with van der Waals surface area (Å²) in [6.45, 7) is 6.52. The van der Waals surface area contributed by atoms with E-state index in [4.69, 9.17) is 4.74 Å². The summed E-state index contributed by atoms with van der Waals surface area (Å²) in [7, 11) is 0. The zero-order chi connectivity index (χ0) is 43.1. The minimum atomic E-state index is -0.779. The number of ether oxygens (including phenoxy) is 1. The average Bonchev–Trinajstić information content (AvgIpc) is 3.23. The molecule has 3 N–H and O–H groups in total. The van der Waals surface area contributed by atoms with Gasteiger partial charge in [0.25, 0.3) is 0 Å². The fraction of sp³-hybridized carbons (Fsp3) is 0.962. The van der Waals surface area contributed by atoms with E-state index in [0.29, 0.717) is 19.3 Å². The van der Waals surface area contributed by atoms with Gasteiger partial charge in [-0.15, -0.1) is 0 Å². The third-order valence-corrected chi connectivity index (χ3v) is 12.7. The van der Waals surface area contributed by atoms with Crippen molar-refractivity contribution >= 4 is 11.9 Å². The van der Waals surface area contributed by atoms with Crippen molar-refractivity contribution in [3.63, 3.8) is 0 Å². The lowest BCUT2D eigenvalue weighted by molar-refractivity contribution is -0.151. The topological polar surface area (TPSA) is 95.9 Å². The highest BCUT2D eigenvalue weighted by Gasteiger charge is 2.24. The molecular formula is C53H105NO5. The number of carbonyl (C=O) groups excluding carboxylic acids is 2. The van der Waals surface area contributed by atoms with Gasteiger partial charge in [-0.05, 0) is 25.7 Å². The number of unbranched alkanes of at least 4 members (excludes halogenated alkanes) is 37. The second-order valence-electron chi connectivity index (χ2n) is 18.6. The number of hydrogen-bond donors (Lipinski definition) is 3. The standard InChI is InChI=1S/C53H105NO5/c1-4-7-10-13-16-19-22-25-28-29-32-35-38-41-44-49(59-53(58)46-43-40-37-34-31-27-24-21-18-15-12-9-6-3)47-52(57)54-50(48-55)51(56)45-42-39-36-33-30-26-23-20-17-14-11-8-5-2/h49-51,55-56H,4-48H2,1-3H3,(H,54,57). The van der Waals surface area contributed by atoms with Crippen molar-refractivity contribution in [1.82, 2.24) is 5.32 Å². The number of aliphatic hydroxyl groups excluding tert-OH is 2. The molecule has 1 amide bonds. The number of carbonyl (C=O) groups is 2. The van der Waals surface area contributed by atoms with Crippen LogP contribution in [-0.2, 0) is 14.3 Å². The monoisotopic (exact) mass is 836 g/mol. The number of nitrogens with one attached hydrogen (secondary N) is 1. The van der Waals surface area contributed by atoms with Crippen LogP contribution in [0.5, 0.6) is 0 Å². The maximum absolute atomic E-state index is 13.2. The zero-order valence-corrected chi connectivity index (χ0v) is 40.2. The van der Waals surface area contributed by atoms with Gasteiger partial charge in [-0.3, -0.25) is 9.59 Å². The van der Waals surface area contributed by atoms with Crippen LogP contribution in [0.3, 0.4) is 0 Å². The first-order valence-electron chi connectivity index (χ1n) is 26.8. The summed E-state index contributed by atoms with van der Waals surface area (Å²) < 4.78 is 5.95. The average molecular weight is 836 g/mol. The van der Waals surface area contributed by atoms with E-state index in [1.54, 1.807) is 0 Å². The molecule has 352 valence electrons. The van der Waals surface area contributed by atoms with Crippen molar-refractivity contribution in [2.24, 2.45) is 0 Å². The summed E-state index contributed by atoms with van der Waals surface area (Å²) in [6.07, 6.45) is 51.6. The number of rotatable bonds is 49. The fourth-order valence-electron chi connectivity index (χ4n) is 8.61. The Morgan fingerprint density at radius 2 is 0.712 bits per heavy atom. The first-order chi connectivity index (χ1) is 29.0. The van der Waals surface area contributed by atoms with Crippen LogP contribution in [0.25, 0.3) is 0 Å². The van der Waals surface area contributed by atoms with Gasteiger partial charge < -0.3 is 20.3 Å². The zero-order valence-electron chi connectivity index (χ0n) is 40.2. The summed E-state index contributed by atoms with van der Waals surface area (Å²) in [4.78, 5) is 26.1. The van der Waals surface area contributed by atoms with Crippen LogP contribution in [0.4, 0.5) is 0 Å². The van der Waals surface area contributed by atoms with E-state index in [-0.39, 0.29) is 24.9 Å². The van der Waals surface area contributed by atoms with E-state index in [2.05, 4.69) is 26.1 Å². The van der Waals surface area contributed by atoms with Crippen LogP contribution >= 0.6 is 0 Å². The Morgan fingerprint density at radius 1 is 0.424 bits per heavy atom. The molecule has 0 bridgehead atoms. The lowest BCUT2D eigenvalue weighted by Gasteiger charge is -2.24. The first kappa shape index (κ1) is 57.9. The minimum absolute atomic E-state index is 0.0880. The third kappa shape index (κ3) is 43.3. The largest absolute Gasteiger partial charge is 0.462 e. The van der Waals surface area contributed by atoms with Gasteiger partial charge in [0.1, 0.15) is 6.10 Å². The van der Waals surface area contributed by atoms with Gasteiger partial charge >= 0.3 is 5.97 Å². The Balaban J connectivity index is 4.51. The van der Waals surface area contributed by atoms with Gasteiger partial charge in [-0.1, -0.05) is 265 Å². The molecule has 59 heavy (non-hydrogen) atoms. The van der Waals surface area contributed by atoms with Crippen LogP contribution in [0.15, 0.2) is 0 Å². The summed E-state index contributed by atoms with van der Waals surface area (Å²) in [5.41, 5.74) is 0. The molecule has 0 fully saturated rings. The Hall–Kier alpha value is -1.14. The molecule has 0 aliphatic carbocycles. The number of amides is 1. The molecule has 0 aromatic carbocycles. The van der Waals surface area contributed by atoms with Crippen molar-refractivity contribution in [1.29, 1.82) is 0 Å². The van der Waals surface area contributed by atoms with Crippen molar-refractivity contribution in [2.75, 3.05) is 6.61 Å². The van der Waals surface area contributed by atoms with Crippen LogP contribution in [0, 0.1) is 0 Å². The highest BCUT2D eigenvalue weighted by molar-refractivity contribution is 5.77. The highest BCUT2D eigenvalue weighted by atomic mass is 16.5. The van der Waals surface area contributed by atoms with E-state index in [0.717, 1.165) is 38.5 Å². The smallest absolute Gasteiger partial charge is 0.306 e. The molecule has 3 unspecified atom stereocenters. The van der Waals surface area contributed by atoms with Gasteiger partial charge in [-0.25, -0.2) is 0 Å². The van der Waals surface area contributed by atoms with E-state index in [1.165, 1.54) is 218 Å². The number of esters is 1. The number of hydrogen-bond acceptors (Lipinski definition) is 5. The van der Waals surface area contributed by atoms with Crippen molar-refractivity contribution < 1.29 is 24.5 Å². The Labute approximate surface area is 368 Å². The van der Waals surface area contributed by atoms with Crippen LogP contribution in [0.2, 0.25) is 0 Å². The van der Waals surface area contributed by atoms with Crippen LogP contribution in [0.1, 0.15) is 303 Å². The summed E-state index contributed by atoms with van der Waals surface area (Å²) in [5, 5.41) is 23.8. The maximum Gasteiger partial charge on any atom is 0.306 e. The first-order valence-corrected chi connectivity index (χ1v) is 26.8. The predicted octanol–water partition coefficient (Wildman–Crippen LogP) is 16.0. The van der Waals surface area contributed by atoms with Gasteiger partial charge in [-0.2, -0.15) is 0 Å². The highest BCUT2D eigenvalue weighted by Crippen LogP contribution is 2.19. The lowest BCUT2D eigenvalue weighted by atomic mass is 10.0. The molecule has 6 heteroatoms. The third-order valence-electron chi connectivity index (χ3n) is 12.7. The second kappa shape index (κ2) is 47.9. The molecule has 0 aliphatic rings. The molecule has 0 spiro atoms. The minimum Gasteiger partial charge on any atom is -0.462 e. The normalized spacial score (nSPS) is 13.1. The molecule has 0 aromatic heterocycles. The van der Waals surface area contributed by atoms with Gasteiger partial charge in [0.2, 0.25) is 5.91 Å². The fourth-order valence-corrected chi connectivity index (χ4v) is 8.61. The molecule has 0 rings (SSSR count). The summed E-state index contributed by atoms with van der Waals surface area (Å²) in [6, 6.07) is -0.692. The molecule has 3 atom stereocenters. The summed E-state index contributed by atoms with van der Waals surface area (Å²) in [5.74, 6) is -0.449. The quantitative estimate of drug-likeness (QED) is 0.0419. The van der Waals surface area contributed by atoms with Crippen molar-refractivity contribution in [3.05, 3.63) is 0 Å². The van der Waals surface area contributed by atoms with E-state index in [9.17, 15) is 19.8 Å². The molecule has 0 heterocycles. The van der Waals surface area contributed by atoms with Gasteiger partial charge in [0.15, 0.2) is 0 Å². The molecule has 0 aliphatic heterocycles. The van der Waals surface area contributed by atoms with Crippen molar-refractivity contribution in [2.45, 2.75) is 322 Å². The molecule has 0 aromatic rings. The van der Waals surface area contributed by atoms with Crippen molar-refractivity contribution in [3.8, 4) is 0 Å². The Bertz CT molecular complexity index is 852. The number of aliphatic hydroxyl groups is 2. The van der Waals surface area contributed by atoms with Crippen LogP contribution < -0.4 is 5.32 Å². The van der Waals surface area contributed by atoms with Crippen LogP contribution in [-0.4, -0.2) is 46.9 Å². The van der Waals surface area contributed by atoms with E-state index in [1.807, 2.05) is 0 Å². The predicted molar refractivity (Wildman–Crippen MR) is 255 cm³/mol. The Morgan fingerprint density at radius 3 is 1.03 bits per heavy atom. The molecule has 0 saturated carbocycles. The van der Waals surface area contributed by atoms with Gasteiger partial charge in [0, 0.05) is 6.42 Å². The lowest BCUT2D eigenvalue weighted by Crippen LogP contribution is -2.46. The van der Waals surface area contributed by atoms with E-state index < -0.39 is 18.2 Å². The second-order valence-corrected chi connectivity index (χ2v) is 18.6. The molecule has 0 saturated heterocycles. The molecular weight excluding hydrogens is 731 g/mol.